The molecule has 3 rings (SSSR count). The molecule has 0 N–H and O–H groups in total. The maximum absolute atomic E-state index is 12.4. The summed E-state index contributed by atoms with van der Waals surface area (Å²) in [5.41, 5.74) is 2.48. The van der Waals surface area contributed by atoms with Crippen molar-refractivity contribution >= 4 is 22.9 Å². The number of thiophene rings is 1. The van der Waals surface area contributed by atoms with Crippen molar-refractivity contribution in [1.29, 1.82) is 0 Å². The van der Waals surface area contributed by atoms with Crippen molar-refractivity contribution in [2.75, 3.05) is 25.0 Å². The molecule has 3 nitrogen and oxygen atoms in total. The normalized spacial score (nSPS) is 14.8. The van der Waals surface area contributed by atoms with Crippen LogP contribution in [0.1, 0.15) is 39.4 Å². The van der Waals surface area contributed by atoms with Gasteiger partial charge in [0.15, 0.2) is 0 Å². The summed E-state index contributed by atoms with van der Waals surface area (Å²) in [6.45, 7) is 5.00. The monoisotopic (exact) mass is 328 g/mol. The lowest BCUT2D eigenvalue weighted by molar-refractivity contribution is 0.0790. The maximum atomic E-state index is 12.4. The van der Waals surface area contributed by atoms with Crippen LogP contribution in [0, 0.1) is 6.92 Å². The van der Waals surface area contributed by atoms with Crippen molar-refractivity contribution in [2.24, 2.45) is 0 Å². The first-order valence-electron chi connectivity index (χ1n) is 8.29. The predicted octanol–water partition coefficient (Wildman–Crippen LogP) is 4.32. The van der Waals surface area contributed by atoms with Gasteiger partial charge in [0, 0.05) is 37.2 Å². The van der Waals surface area contributed by atoms with Gasteiger partial charge in [0.25, 0.3) is 5.91 Å². The molecule has 122 valence electrons. The first kappa shape index (κ1) is 16.1. The molecule has 1 fully saturated rings. The number of carbonyl (C=O) groups excluding carboxylic acids is 1. The van der Waals surface area contributed by atoms with E-state index in [2.05, 4.69) is 29.2 Å². The Labute approximate surface area is 142 Å². The Bertz CT molecular complexity index is 656. The molecule has 0 atom stereocenters. The summed E-state index contributed by atoms with van der Waals surface area (Å²) < 4.78 is 0. The molecule has 0 unspecified atom stereocenters. The van der Waals surface area contributed by atoms with E-state index in [0.717, 1.165) is 18.0 Å². The number of aryl methyl sites for hydroxylation is 1. The molecule has 0 saturated carbocycles. The molecule has 0 aliphatic carbocycles. The average Bonchev–Trinajstić information content (AvgIpc) is 3.02. The van der Waals surface area contributed by atoms with Crippen LogP contribution in [0.25, 0.3) is 0 Å². The molecule has 23 heavy (non-hydrogen) atoms. The fourth-order valence-corrected chi connectivity index (χ4v) is 3.91. The molecule has 1 aromatic heterocycles. The number of benzene rings is 1. The maximum Gasteiger partial charge on any atom is 0.263 e. The summed E-state index contributed by atoms with van der Waals surface area (Å²) in [6.07, 6.45) is 3.93. The molecule has 2 aromatic rings. The minimum absolute atomic E-state index is 0.100. The van der Waals surface area contributed by atoms with Crippen molar-refractivity contribution in [2.45, 2.75) is 32.7 Å². The summed E-state index contributed by atoms with van der Waals surface area (Å²) in [6, 6.07) is 12.6. The van der Waals surface area contributed by atoms with E-state index >= 15 is 0 Å². The van der Waals surface area contributed by atoms with E-state index in [4.69, 9.17) is 0 Å². The lowest BCUT2D eigenvalue weighted by atomic mass is 10.1. The van der Waals surface area contributed by atoms with Gasteiger partial charge in [-0.2, -0.15) is 0 Å². The van der Waals surface area contributed by atoms with E-state index in [1.165, 1.54) is 35.4 Å². The van der Waals surface area contributed by atoms with Crippen LogP contribution in [0.15, 0.2) is 36.4 Å². The SMILES string of the molecule is Cc1ccc(C(=O)N(C)Cc2ccc(N3CCCCC3)cc2)s1. The first-order chi connectivity index (χ1) is 11.1. The zero-order chi connectivity index (χ0) is 16.2. The summed E-state index contributed by atoms with van der Waals surface area (Å²) in [7, 11) is 1.87. The Morgan fingerprint density at radius 2 is 1.78 bits per heavy atom. The second kappa shape index (κ2) is 7.18. The molecular formula is C19H24N2OS. The summed E-state index contributed by atoms with van der Waals surface area (Å²) >= 11 is 1.56. The van der Waals surface area contributed by atoms with Crippen LogP contribution in [-0.2, 0) is 6.54 Å². The van der Waals surface area contributed by atoms with E-state index in [9.17, 15) is 4.79 Å². The van der Waals surface area contributed by atoms with Crippen LogP contribution in [0.5, 0.6) is 0 Å². The number of nitrogens with zero attached hydrogens (tertiary/aromatic N) is 2. The number of amides is 1. The van der Waals surface area contributed by atoms with Gasteiger partial charge in [-0.3, -0.25) is 4.79 Å². The van der Waals surface area contributed by atoms with Gasteiger partial charge in [-0.25, -0.2) is 0 Å². The van der Waals surface area contributed by atoms with Crippen LogP contribution >= 0.6 is 11.3 Å². The van der Waals surface area contributed by atoms with Crippen molar-refractivity contribution in [3.8, 4) is 0 Å². The van der Waals surface area contributed by atoms with E-state index < -0.39 is 0 Å². The lowest BCUT2D eigenvalue weighted by Crippen LogP contribution is -2.29. The zero-order valence-electron chi connectivity index (χ0n) is 13.9. The van der Waals surface area contributed by atoms with E-state index in [1.54, 1.807) is 16.2 Å². The molecule has 0 radical (unpaired) electrons. The lowest BCUT2D eigenvalue weighted by Gasteiger charge is -2.29. The van der Waals surface area contributed by atoms with Gasteiger partial charge in [-0.15, -0.1) is 11.3 Å². The number of piperidine rings is 1. The number of rotatable bonds is 4. The largest absolute Gasteiger partial charge is 0.372 e. The van der Waals surface area contributed by atoms with Crippen LogP contribution in [-0.4, -0.2) is 30.9 Å². The third kappa shape index (κ3) is 3.94. The van der Waals surface area contributed by atoms with Crippen molar-refractivity contribution in [3.05, 3.63) is 51.7 Å². The molecule has 1 aromatic carbocycles. The van der Waals surface area contributed by atoms with Gasteiger partial charge in [0.2, 0.25) is 0 Å². The topological polar surface area (TPSA) is 23.6 Å². The predicted molar refractivity (Wildman–Crippen MR) is 97.4 cm³/mol. The minimum atomic E-state index is 0.100. The van der Waals surface area contributed by atoms with Crippen molar-refractivity contribution in [1.82, 2.24) is 4.90 Å². The van der Waals surface area contributed by atoms with Crippen LogP contribution in [0.2, 0.25) is 0 Å². The number of anilines is 1. The molecule has 4 heteroatoms. The van der Waals surface area contributed by atoms with Gasteiger partial charge in [0.1, 0.15) is 0 Å². The highest BCUT2D eigenvalue weighted by atomic mass is 32.1. The highest BCUT2D eigenvalue weighted by molar-refractivity contribution is 7.13. The molecule has 1 aliphatic heterocycles. The summed E-state index contributed by atoms with van der Waals surface area (Å²) in [5, 5.41) is 0. The first-order valence-corrected chi connectivity index (χ1v) is 9.11. The third-order valence-corrected chi connectivity index (χ3v) is 5.36. The third-order valence-electron chi connectivity index (χ3n) is 4.38. The van der Waals surface area contributed by atoms with Crippen LogP contribution in [0.3, 0.4) is 0 Å². The Morgan fingerprint density at radius 1 is 1.09 bits per heavy atom. The minimum Gasteiger partial charge on any atom is -0.372 e. The summed E-state index contributed by atoms with van der Waals surface area (Å²) in [5.74, 6) is 0.100. The molecule has 0 bridgehead atoms. The van der Waals surface area contributed by atoms with Crippen LogP contribution < -0.4 is 4.90 Å². The fraction of sp³-hybridized carbons (Fsp3) is 0.421. The Balaban J connectivity index is 1.62. The van der Waals surface area contributed by atoms with E-state index in [0.29, 0.717) is 6.54 Å². The van der Waals surface area contributed by atoms with Gasteiger partial charge in [-0.1, -0.05) is 12.1 Å². The number of carbonyl (C=O) groups is 1. The van der Waals surface area contributed by atoms with Gasteiger partial charge < -0.3 is 9.80 Å². The smallest absolute Gasteiger partial charge is 0.263 e. The summed E-state index contributed by atoms with van der Waals surface area (Å²) in [4.78, 5) is 18.6. The Kier molecular flexibility index (Phi) is 5.01. The van der Waals surface area contributed by atoms with E-state index in [1.807, 2.05) is 26.1 Å². The highest BCUT2D eigenvalue weighted by Crippen LogP contribution is 2.21. The number of hydrogen-bond acceptors (Lipinski definition) is 3. The molecule has 2 heterocycles. The molecule has 1 amide bonds. The van der Waals surface area contributed by atoms with Crippen molar-refractivity contribution < 1.29 is 4.79 Å². The van der Waals surface area contributed by atoms with Crippen molar-refractivity contribution in [3.63, 3.8) is 0 Å². The Hall–Kier alpha value is -1.81. The molecule has 1 saturated heterocycles. The molecule has 1 aliphatic rings. The number of hydrogen-bond donors (Lipinski definition) is 0. The second-order valence-corrected chi connectivity index (χ2v) is 7.57. The van der Waals surface area contributed by atoms with Gasteiger partial charge in [0.05, 0.1) is 4.88 Å². The van der Waals surface area contributed by atoms with Crippen LogP contribution in [0.4, 0.5) is 5.69 Å². The second-order valence-electron chi connectivity index (χ2n) is 6.29. The van der Waals surface area contributed by atoms with Gasteiger partial charge in [-0.05, 0) is 56.0 Å². The highest BCUT2D eigenvalue weighted by Gasteiger charge is 2.14. The molecular weight excluding hydrogens is 304 g/mol. The zero-order valence-corrected chi connectivity index (χ0v) is 14.7. The molecule has 0 spiro atoms. The fourth-order valence-electron chi connectivity index (χ4n) is 3.05. The Morgan fingerprint density at radius 3 is 2.39 bits per heavy atom. The average molecular weight is 328 g/mol. The van der Waals surface area contributed by atoms with Gasteiger partial charge >= 0.3 is 0 Å². The standard InChI is InChI=1S/C19H24N2OS/c1-15-6-11-18(23-15)19(22)20(2)14-16-7-9-17(10-8-16)21-12-4-3-5-13-21/h6-11H,3-5,12-14H2,1-2H3. The van der Waals surface area contributed by atoms with E-state index in [-0.39, 0.29) is 5.91 Å². The quantitative estimate of drug-likeness (QED) is 0.834.